The molecule has 27 heavy (non-hydrogen) atoms. The van der Waals surface area contributed by atoms with Crippen LogP contribution in [0.1, 0.15) is 13.3 Å². The molecule has 1 aromatic heterocycles. The number of fused-ring (bicyclic) bond motifs is 1. The molecule has 1 aliphatic rings. The van der Waals surface area contributed by atoms with Crippen molar-refractivity contribution < 1.29 is 4.74 Å². The maximum Gasteiger partial charge on any atom is 0.191 e. The number of halogens is 1. The summed E-state index contributed by atoms with van der Waals surface area (Å²) in [5, 5.41) is 6.75. The molecule has 2 N–H and O–H groups in total. The molecule has 2 heterocycles. The summed E-state index contributed by atoms with van der Waals surface area (Å²) in [6, 6.07) is 8.24. The molecular formula is C19H31IN6O. The molecule has 150 valence electrons. The molecule has 1 aliphatic heterocycles. The van der Waals surface area contributed by atoms with Crippen LogP contribution >= 0.6 is 24.0 Å². The van der Waals surface area contributed by atoms with Crippen LogP contribution in [0, 0.1) is 0 Å². The normalized spacial score (nSPS) is 15.5. The van der Waals surface area contributed by atoms with Crippen molar-refractivity contribution in [2.24, 2.45) is 4.99 Å². The number of rotatable bonds is 8. The van der Waals surface area contributed by atoms with E-state index in [4.69, 9.17) is 9.73 Å². The smallest absolute Gasteiger partial charge is 0.191 e. The number of aliphatic imine (C=N–C) groups is 1. The zero-order valence-electron chi connectivity index (χ0n) is 16.1. The molecule has 2 aromatic rings. The standard InChI is InChI=1S/C19H30N6O.HI/c1-2-20-19(22-9-11-24-12-14-26-15-13-24)21-8-5-10-25-16-23-17-6-3-4-7-18(17)25;/h3-4,6-7,16H,2,5,8-15H2,1H3,(H2,20,21,22);1H. The second-order valence-electron chi connectivity index (χ2n) is 6.42. The van der Waals surface area contributed by atoms with Crippen LogP contribution in [-0.4, -0.2) is 72.9 Å². The van der Waals surface area contributed by atoms with Gasteiger partial charge in [-0.05, 0) is 25.5 Å². The van der Waals surface area contributed by atoms with E-state index in [0.717, 1.165) is 76.9 Å². The molecule has 0 radical (unpaired) electrons. The lowest BCUT2D eigenvalue weighted by atomic mass is 10.3. The average Bonchev–Trinajstić information content (AvgIpc) is 3.09. The molecule has 8 heteroatoms. The number of ether oxygens (including phenoxy) is 1. The van der Waals surface area contributed by atoms with E-state index < -0.39 is 0 Å². The third kappa shape index (κ3) is 6.93. The monoisotopic (exact) mass is 486 g/mol. The fourth-order valence-corrected chi connectivity index (χ4v) is 3.12. The molecule has 0 spiro atoms. The first kappa shape index (κ1) is 21.9. The zero-order chi connectivity index (χ0) is 18.0. The number of hydrogen-bond donors (Lipinski definition) is 2. The Hall–Kier alpha value is -1.39. The van der Waals surface area contributed by atoms with Gasteiger partial charge in [-0.2, -0.15) is 0 Å². The van der Waals surface area contributed by atoms with Crippen molar-refractivity contribution in [2.45, 2.75) is 19.9 Å². The topological polar surface area (TPSA) is 66.7 Å². The second kappa shape index (κ2) is 12.1. The van der Waals surface area contributed by atoms with E-state index in [0.29, 0.717) is 0 Å². The molecule has 0 atom stereocenters. The van der Waals surface area contributed by atoms with Crippen molar-refractivity contribution in [2.75, 3.05) is 52.5 Å². The highest BCUT2D eigenvalue weighted by atomic mass is 127. The van der Waals surface area contributed by atoms with E-state index in [-0.39, 0.29) is 24.0 Å². The minimum absolute atomic E-state index is 0. The Morgan fingerprint density at radius 1 is 1.19 bits per heavy atom. The predicted octanol–water partition coefficient (Wildman–Crippen LogP) is 1.93. The van der Waals surface area contributed by atoms with Gasteiger partial charge in [0.05, 0.1) is 30.6 Å². The zero-order valence-corrected chi connectivity index (χ0v) is 18.4. The van der Waals surface area contributed by atoms with Gasteiger partial charge in [0.25, 0.3) is 0 Å². The van der Waals surface area contributed by atoms with Gasteiger partial charge in [-0.15, -0.1) is 24.0 Å². The van der Waals surface area contributed by atoms with Crippen molar-refractivity contribution in [1.29, 1.82) is 0 Å². The van der Waals surface area contributed by atoms with E-state index in [9.17, 15) is 0 Å². The van der Waals surface area contributed by atoms with Crippen LogP contribution in [0.5, 0.6) is 0 Å². The second-order valence-corrected chi connectivity index (χ2v) is 6.42. The van der Waals surface area contributed by atoms with Gasteiger partial charge in [0.2, 0.25) is 0 Å². The van der Waals surface area contributed by atoms with Gasteiger partial charge in [0, 0.05) is 45.8 Å². The average molecular weight is 486 g/mol. The van der Waals surface area contributed by atoms with Gasteiger partial charge < -0.3 is 19.9 Å². The number of benzene rings is 1. The van der Waals surface area contributed by atoms with E-state index in [1.807, 2.05) is 18.5 Å². The van der Waals surface area contributed by atoms with Crippen LogP contribution < -0.4 is 10.6 Å². The number of guanidine groups is 1. The Morgan fingerprint density at radius 2 is 2.00 bits per heavy atom. The lowest BCUT2D eigenvalue weighted by molar-refractivity contribution is 0.0389. The van der Waals surface area contributed by atoms with Gasteiger partial charge in [0.1, 0.15) is 0 Å². The van der Waals surface area contributed by atoms with Gasteiger partial charge in [0.15, 0.2) is 5.96 Å². The summed E-state index contributed by atoms with van der Waals surface area (Å²) >= 11 is 0. The van der Waals surface area contributed by atoms with E-state index in [1.165, 1.54) is 5.52 Å². The van der Waals surface area contributed by atoms with E-state index >= 15 is 0 Å². The number of para-hydroxylation sites is 2. The van der Waals surface area contributed by atoms with Gasteiger partial charge in [-0.25, -0.2) is 4.98 Å². The predicted molar refractivity (Wildman–Crippen MR) is 121 cm³/mol. The van der Waals surface area contributed by atoms with Crippen molar-refractivity contribution in [1.82, 2.24) is 25.1 Å². The molecule has 0 saturated carbocycles. The largest absolute Gasteiger partial charge is 0.379 e. The summed E-state index contributed by atoms with van der Waals surface area (Å²) in [6.45, 7) is 10.3. The van der Waals surface area contributed by atoms with Crippen LogP contribution in [0.3, 0.4) is 0 Å². The number of aryl methyl sites for hydroxylation is 1. The van der Waals surface area contributed by atoms with Crippen molar-refractivity contribution >= 4 is 41.0 Å². The third-order valence-corrected chi connectivity index (χ3v) is 4.52. The summed E-state index contributed by atoms with van der Waals surface area (Å²) in [5.74, 6) is 0.899. The molecule has 0 amide bonds. The van der Waals surface area contributed by atoms with Crippen molar-refractivity contribution in [3.8, 4) is 0 Å². The lowest BCUT2D eigenvalue weighted by Crippen LogP contribution is -2.44. The molecule has 0 bridgehead atoms. The SMILES string of the molecule is CCNC(=NCCCn1cnc2ccccc21)NCCN1CCOCC1.I. The number of aromatic nitrogens is 2. The van der Waals surface area contributed by atoms with Crippen LogP contribution in [0.15, 0.2) is 35.6 Å². The summed E-state index contributed by atoms with van der Waals surface area (Å²) in [6.07, 6.45) is 2.90. The van der Waals surface area contributed by atoms with Crippen molar-refractivity contribution in [3.63, 3.8) is 0 Å². The quantitative estimate of drug-likeness (QED) is 0.259. The number of hydrogen-bond acceptors (Lipinski definition) is 4. The number of imidazole rings is 1. The summed E-state index contributed by atoms with van der Waals surface area (Å²) in [7, 11) is 0. The first-order valence-electron chi connectivity index (χ1n) is 9.59. The lowest BCUT2D eigenvalue weighted by Gasteiger charge is -2.26. The molecular weight excluding hydrogens is 455 g/mol. The Balaban J connectivity index is 0.00000261. The molecule has 1 aromatic carbocycles. The molecule has 7 nitrogen and oxygen atoms in total. The Bertz CT molecular complexity index is 698. The van der Waals surface area contributed by atoms with Gasteiger partial charge in [-0.1, -0.05) is 12.1 Å². The van der Waals surface area contributed by atoms with E-state index in [1.54, 1.807) is 0 Å². The fourth-order valence-electron chi connectivity index (χ4n) is 3.12. The minimum atomic E-state index is 0. The molecule has 0 unspecified atom stereocenters. The number of morpholine rings is 1. The van der Waals surface area contributed by atoms with Gasteiger partial charge >= 0.3 is 0 Å². The summed E-state index contributed by atoms with van der Waals surface area (Å²) in [4.78, 5) is 11.5. The Labute approximate surface area is 178 Å². The number of nitrogens with one attached hydrogen (secondary N) is 2. The maximum atomic E-state index is 5.38. The molecule has 3 rings (SSSR count). The Kier molecular flexibility index (Phi) is 9.85. The molecule has 1 saturated heterocycles. The summed E-state index contributed by atoms with van der Waals surface area (Å²) < 4.78 is 7.58. The first-order valence-corrected chi connectivity index (χ1v) is 9.59. The van der Waals surface area contributed by atoms with Crippen LogP contribution in [0.2, 0.25) is 0 Å². The highest BCUT2D eigenvalue weighted by Crippen LogP contribution is 2.11. The van der Waals surface area contributed by atoms with Crippen LogP contribution in [-0.2, 0) is 11.3 Å². The van der Waals surface area contributed by atoms with Gasteiger partial charge in [-0.3, -0.25) is 9.89 Å². The van der Waals surface area contributed by atoms with Crippen LogP contribution in [0.4, 0.5) is 0 Å². The highest BCUT2D eigenvalue weighted by Gasteiger charge is 2.09. The number of nitrogens with zero attached hydrogens (tertiary/aromatic N) is 4. The summed E-state index contributed by atoms with van der Waals surface area (Å²) in [5.41, 5.74) is 2.24. The van der Waals surface area contributed by atoms with E-state index in [2.05, 4.69) is 44.1 Å². The minimum Gasteiger partial charge on any atom is -0.379 e. The highest BCUT2D eigenvalue weighted by molar-refractivity contribution is 14.0. The first-order chi connectivity index (χ1) is 12.9. The maximum absolute atomic E-state index is 5.38. The van der Waals surface area contributed by atoms with Crippen molar-refractivity contribution in [3.05, 3.63) is 30.6 Å². The van der Waals surface area contributed by atoms with Crippen LogP contribution in [0.25, 0.3) is 11.0 Å². The Morgan fingerprint density at radius 3 is 2.81 bits per heavy atom. The third-order valence-electron chi connectivity index (χ3n) is 4.52. The fraction of sp³-hybridized carbons (Fsp3) is 0.579. The molecule has 1 fully saturated rings. The molecule has 0 aliphatic carbocycles.